The van der Waals surface area contributed by atoms with E-state index in [1.165, 1.54) is 0 Å². The zero-order valence-corrected chi connectivity index (χ0v) is 13.5. The van der Waals surface area contributed by atoms with E-state index in [1.807, 2.05) is 12.1 Å². The third-order valence-corrected chi connectivity index (χ3v) is 5.49. The molecule has 0 amide bonds. The molecular weight excluding hydrogens is 311 g/mol. The highest BCUT2D eigenvalue weighted by molar-refractivity contribution is 7.54. The molecule has 1 unspecified atom stereocenters. The molecule has 1 aromatic rings. The van der Waals surface area contributed by atoms with Gasteiger partial charge in [-0.25, -0.2) is 0 Å². The van der Waals surface area contributed by atoms with Crippen LogP contribution in [0.5, 0.6) is 0 Å². The molecule has 0 aromatic heterocycles. The number of hydrogen-bond donors (Lipinski definition) is 0. The lowest BCUT2D eigenvalue weighted by Crippen LogP contribution is -2.14. The van der Waals surface area contributed by atoms with Crippen molar-refractivity contribution in [3.05, 3.63) is 34.9 Å². The van der Waals surface area contributed by atoms with E-state index in [1.54, 1.807) is 38.1 Å². The Morgan fingerprint density at radius 1 is 1.24 bits per heavy atom. The van der Waals surface area contributed by atoms with Crippen LogP contribution in [0, 0.1) is 28.6 Å². The summed E-state index contributed by atoms with van der Waals surface area (Å²) in [5, 5.41) is 18.8. The molecule has 0 heterocycles. The summed E-state index contributed by atoms with van der Waals surface area (Å²) in [5.41, 5.74) is -0.507. The summed E-state index contributed by atoms with van der Waals surface area (Å²) in [6, 6.07) is 10.3. The molecule has 7 heteroatoms. The van der Waals surface area contributed by atoms with E-state index in [9.17, 15) is 15.1 Å². The van der Waals surface area contributed by atoms with Crippen LogP contribution in [-0.4, -0.2) is 13.2 Å². The zero-order chi connectivity index (χ0) is 15.9. The number of nitrogens with zero attached hydrogens (tertiary/aromatic N) is 2. The van der Waals surface area contributed by atoms with E-state index in [0.29, 0.717) is 10.6 Å². The summed E-state index contributed by atoms with van der Waals surface area (Å²) >= 11 is 5.95. The molecule has 0 spiro atoms. The van der Waals surface area contributed by atoms with Crippen LogP contribution in [0.25, 0.3) is 0 Å². The number of benzene rings is 1. The molecule has 0 bridgehead atoms. The van der Waals surface area contributed by atoms with Crippen LogP contribution in [0.1, 0.15) is 25.1 Å². The summed E-state index contributed by atoms with van der Waals surface area (Å²) in [5.74, 6) is -1.16. The lowest BCUT2D eigenvalue weighted by molar-refractivity contribution is 0.209. The molecule has 1 atom stereocenters. The normalized spacial score (nSPS) is 12.7. The quantitative estimate of drug-likeness (QED) is 0.697. The van der Waals surface area contributed by atoms with Gasteiger partial charge in [0.15, 0.2) is 5.92 Å². The third kappa shape index (κ3) is 4.30. The highest BCUT2D eigenvalue weighted by Crippen LogP contribution is 2.63. The minimum atomic E-state index is -3.66. The minimum Gasteiger partial charge on any atom is -0.308 e. The molecule has 0 aliphatic heterocycles. The lowest BCUT2D eigenvalue weighted by atomic mass is 10.0. The third-order valence-electron chi connectivity index (χ3n) is 2.74. The van der Waals surface area contributed by atoms with Crippen molar-refractivity contribution < 1.29 is 13.6 Å². The highest BCUT2D eigenvalue weighted by atomic mass is 35.5. The van der Waals surface area contributed by atoms with Crippen LogP contribution in [-0.2, 0) is 13.6 Å². The van der Waals surface area contributed by atoms with Gasteiger partial charge in [-0.3, -0.25) is 4.57 Å². The fourth-order valence-corrected chi connectivity index (χ4v) is 4.31. The van der Waals surface area contributed by atoms with Gasteiger partial charge in [-0.05, 0) is 31.5 Å². The van der Waals surface area contributed by atoms with Gasteiger partial charge >= 0.3 is 7.60 Å². The molecule has 0 aliphatic carbocycles. The molecule has 0 aliphatic rings. The van der Waals surface area contributed by atoms with E-state index >= 15 is 0 Å². The molecule has 1 rings (SSSR count). The van der Waals surface area contributed by atoms with Gasteiger partial charge in [0.2, 0.25) is 0 Å². The molecule has 112 valence electrons. The summed E-state index contributed by atoms with van der Waals surface area (Å²) in [6.07, 6.45) is 0. The Kier molecular flexibility index (Phi) is 6.89. The molecular formula is C14H16ClN2O3P. The molecule has 5 nitrogen and oxygen atoms in total. The summed E-state index contributed by atoms with van der Waals surface area (Å²) in [4.78, 5) is 0. The predicted molar refractivity (Wildman–Crippen MR) is 79.8 cm³/mol. The Bertz CT molecular complexity index is 585. The van der Waals surface area contributed by atoms with Crippen molar-refractivity contribution in [2.45, 2.75) is 19.5 Å². The van der Waals surface area contributed by atoms with E-state index < -0.39 is 19.2 Å². The van der Waals surface area contributed by atoms with Crippen LogP contribution >= 0.6 is 19.2 Å². The van der Waals surface area contributed by atoms with Crippen molar-refractivity contribution >= 4 is 19.2 Å². The van der Waals surface area contributed by atoms with Gasteiger partial charge in [-0.2, -0.15) is 10.5 Å². The SMILES string of the molecule is CCOP(=O)(OCC)C(c1cccc(Cl)c1)C(C#N)C#N. The Hall–Kier alpha value is -1.36. The number of hydrogen-bond acceptors (Lipinski definition) is 5. The molecule has 21 heavy (non-hydrogen) atoms. The van der Waals surface area contributed by atoms with Crippen molar-refractivity contribution in [1.29, 1.82) is 10.5 Å². The van der Waals surface area contributed by atoms with Crippen molar-refractivity contribution in [3.63, 3.8) is 0 Å². The van der Waals surface area contributed by atoms with E-state index in [4.69, 9.17) is 20.6 Å². The van der Waals surface area contributed by atoms with Gasteiger partial charge in [0, 0.05) is 5.02 Å². The van der Waals surface area contributed by atoms with Crippen LogP contribution in [0.4, 0.5) is 0 Å². The fraction of sp³-hybridized carbons (Fsp3) is 0.429. The largest absolute Gasteiger partial charge is 0.340 e. The van der Waals surface area contributed by atoms with E-state index in [2.05, 4.69) is 0 Å². The Morgan fingerprint density at radius 2 is 1.81 bits per heavy atom. The molecule has 0 saturated carbocycles. The van der Waals surface area contributed by atoms with Gasteiger partial charge in [0.25, 0.3) is 0 Å². The van der Waals surface area contributed by atoms with Crippen LogP contribution < -0.4 is 0 Å². The van der Waals surface area contributed by atoms with Crippen molar-refractivity contribution in [3.8, 4) is 12.1 Å². The Morgan fingerprint density at radius 3 is 2.24 bits per heavy atom. The van der Waals surface area contributed by atoms with Crippen LogP contribution in [0.15, 0.2) is 24.3 Å². The maximum atomic E-state index is 13.0. The Labute approximate surface area is 129 Å². The Balaban J connectivity index is 3.41. The second kappa shape index (κ2) is 8.17. The van der Waals surface area contributed by atoms with Crippen molar-refractivity contribution in [2.24, 2.45) is 5.92 Å². The number of rotatable bonds is 7. The van der Waals surface area contributed by atoms with Gasteiger partial charge < -0.3 is 9.05 Å². The first-order chi connectivity index (χ1) is 10.0. The van der Waals surface area contributed by atoms with Crippen LogP contribution in [0.3, 0.4) is 0 Å². The summed E-state index contributed by atoms with van der Waals surface area (Å²) in [7, 11) is -3.66. The molecule has 0 N–H and O–H groups in total. The number of halogens is 1. The lowest BCUT2D eigenvalue weighted by Gasteiger charge is -2.27. The van der Waals surface area contributed by atoms with Gasteiger partial charge in [-0.1, -0.05) is 23.7 Å². The minimum absolute atomic E-state index is 0.151. The zero-order valence-electron chi connectivity index (χ0n) is 11.8. The van der Waals surface area contributed by atoms with E-state index in [0.717, 1.165) is 0 Å². The standard InChI is InChI=1S/C14H16ClN2O3P/c1-3-19-21(18,20-4-2)14(12(9-16)10-17)11-6-5-7-13(15)8-11/h5-8,12,14H,3-4H2,1-2H3. The molecule has 0 saturated heterocycles. The topological polar surface area (TPSA) is 83.1 Å². The van der Waals surface area contributed by atoms with Gasteiger partial charge in [0.1, 0.15) is 5.66 Å². The van der Waals surface area contributed by atoms with Crippen molar-refractivity contribution in [2.75, 3.05) is 13.2 Å². The predicted octanol–water partition coefficient (Wildman–Crippen LogP) is 4.31. The molecule has 1 aromatic carbocycles. The van der Waals surface area contributed by atoms with E-state index in [-0.39, 0.29) is 13.2 Å². The average molecular weight is 327 g/mol. The van der Waals surface area contributed by atoms with Crippen LogP contribution in [0.2, 0.25) is 5.02 Å². The maximum Gasteiger partial charge on any atom is 0.340 e. The second-order valence-electron chi connectivity index (χ2n) is 4.11. The monoisotopic (exact) mass is 326 g/mol. The smallest absolute Gasteiger partial charge is 0.308 e. The van der Waals surface area contributed by atoms with Gasteiger partial charge in [-0.15, -0.1) is 0 Å². The summed E-state index contributed by atoms with van der Waals surface area (Å²) in [6.45, 7) is 3.65. The highest BCUT2D eigenvalue weighted by Gasteiger charge is 2.43. The first-order valence-corrected chi connectivity index (χ1v) is 8.44. The second-order valence-corrected chi connectivity index (χ2v) is 6.70. The summed E-state index contributed by atoms with van der Waals surface area (Å²) < 4.78 is 23.6. The number of nitriles is 2. The fourth-order valence-electron chi connectivity index (χ4n) is 1.98. The molecule has 0 fully saturated rings. The molecule has 0 radical (unpaired) electrons. The first-order valence-electron chi connectivity index (χ1n) is 6.45. The van der Waals surface area contributed by atoms with Gasteiger partial charge in [0.05, 0.1) is 25.4 Å². The first kappa shape index (κ1) is 17.7. The van der Waals surface area contributed by atoms with Crippen molar-refractivity contribution in [1.82, 2.24) is 0 Å². The maximum absolute atomic E-state index is 13.0. The average Bonchev–Trinajstić information content (AvgIpc) is 2.44.